The summed E-state index contributed by atoms with van der Waals surface area (Å²) in [6.45, 7) is 4.18. The smallest absolute Gasteiger partial charge is 0.338 e. The zero-order valence-electron chi connectivity index (χ0n) is 18.2. The lowest BCUT2D eigenvalue weighted by molar-refractivity contribution is -0.128. The second-order valence-electron chi connectivity index (χ2n) is 9.44. The van der Waals surface area contributed by atoms with Gasteiger partial charge >= 0.3 is 5.97 Å². The minimum Gasteiger partial charge on any atom is -0.493 e. The SMILES string of the molecule is CCOc1cc(C(=O)OCC(=O)N[C@@H](C)C23CC4CC(CC(C4)C2)C3)ccc1OC. The van der Waals surface area contributed by atoms with Gasteiger partial charge in [0.2, 0.25) is 0 Å². The molecule has 0 saturated heterocycles. The van der Waals surface area contributed by atoms with E-state index >= 15 is 0 Å². The zero-order valence-corrected chi connectivity index (χ0v) is 18.2. The van der Waals surface area contributed by atoms with Crippen LogP contribution >= 0.6 is 0 Å². The number of amides is 1. The third-order valence-corrected chi connectivity index (χ3v) is 7.42. The van der Waals surface area contributed by atoms with Gasteiger partial charge in [-0.15, -0.1) is 0 Å². The highest BCUT2D eigenvalue weighted by molar-refractivity contribution is 5.92. The van der Waals surface area contributed by atoms with Gasteiger partial charge in [0.05, 0.1) is 19.3 Å². The van der Waals surface area contributed by atoms with Gasteiger partial charge in [-0.3, -0.25) is 4.79 Å². The van der Waals surface area contributed by atoms with Gasteiger partial charge in [-0.2, -0.15) is 0 Å². The maximum atomic E-state index is 12.5. The Kier molecular flexibility index (Phi) is 5.94. The molecule has 1 N–H and O–H groups in total. The van der Waals surface area contributed by atoms with Gasteiger partial charge in [-0.1, -0.05) is 0 Å². The molecule has 1 atom stereocenters. The normalized spacial score (nSPS) is 29.9. The molecule has 6 nitrogen and oxygen atoms in total. The zero-order chi connectivity index (χ0) is 21.3. The Morgan fingerprint density at radius 1 is 1.10 bits per heavy atom. The molecule has 0 radical (unpaired) electrons. The molecule has 0 heterocycles. The molecule has 4 saturated carbocycles. The molecule has 0 unspecified atom stereocenters. The Balaban J connectivity index is 1.31. The molecule has 5 rings (SSSR count). The Hall–Kier alpha value is -2.24. The van der Waals surface area contributed by atoms with Crippen molar-refractivity contribution in [3.8, 4) is 11.5 Å². The first-order valence-electron chi connectivity index (χ1n) is 11.2. The van der Waals surface area contributed by atoms with Crippen molar-refractivity contribution in [1.29, 1.82) is 0 Å². The van der Waals surface area contributed by atoms with Crippen LogP contribution in [0.25, 0.3) is 0 Å². The van der Waals surface area contributed by atoms with E-state index in [4.69, 9.17) is 14.2 Å². The number of hydrogen-bond acceptors (Lipinski definition) is 5. The number of carbonyl (C=O) groups is 2. The molecule has 1 amide bonds. The molecule has 30 heavy (non-hydrogen) atoms. The fourth-order valence-corrected chi connectivity index (χ4v) is 6.43. The first-order valence-corrected chi connectivity index (χ1v) is 11.2. The lowest BCUT2D eigenvalue weighted by Crippen LogP contribution is -2.56. The fourth-order valence-electron chi connectivity index (χ4n) is 6.43. The number of rotatable bonds is 8. The van der Waals surface area contributed by atoms with Gasteiger partial charge in [-0.25, -0.2) is 4.79 Å². The average Bonchev–Trinajstić information content (AvgIpc) is 2.71. The number of esters is 1. The van der Waals surface area contributed by atoms with Crippen LogP contribution < -0.4 is 14.8 Å². The fraction of sp³-hybridized carbons (Fsp3) is 0.667. The third kappa shape index (κ3) is 4.14. The van der Waals surface area contributed by atoms with Crippen LogP contribution in [-0.2, 0) is 9.53 Å². The summed E-state index contributed by atoms with van der Waals surface area (Å²) in [7, 11) is 1.55. The Morgan fingerprint density at radius 2 is 1.73 bits per heavy atom. The quantitative estimate of drug-likeness (QED) is 0.651. The lowest BCUT2D eigenvalue weighted by atomic mass is 9.48. The second-order valence-corrected chi connectivity index (χ2v) is 9.44. The Bertz CT molecular complexity index is 770. The molecular formula is C24H33NO5. The van der Waals surface area contributed by atoms with E-state index in [0.717, 1.165) is 17.8 Å². The summed E-state index contributed by atoms with van der Waals surface area (Å²) in [5.74, 6) is 2.76. The van der Waals surface area contributed by atoms with Crippen molar-refractivity contribution in [3.63, 3.8) is 0 Å². The largest absolute Gasteiger partial charge is 0.493 e. The van der Waals surface area contributed by atoms with E-state index in [-0.39, 0.29) is 24.0 Å². The van der Waals surface area contributed by atoms with Gasteiger partial charge in [0.15, 0.2) is 18.1 Å². The van der Waals surface area contributed by atoms with Crippen molar-refractivity contribution in [2.24, 2.45) is 23.2 Å². The Morgan fingerprint density at radius 3 is 2.30 bits per heavy atom. The highest BCUT2D eigenvalue weighted by Gasteiger charge is 2.53. The van der Waals surface area contributed by atoms with Gasteiger partial charge in [0.25, 0.3) is 5.91 Å². The first kappa shape index (κ1) is 21.0. The molecule has 6 heteroatoms. The standard InChI is InChI=1S/C24H33NO5/c1-4-29-21-10-19(5-6-20(21)28-3)23(27)30-14-22(26)25-15(2)24-11-16-7-17(12-24)9-18(8-16)13-24/h5-6,10,15-18H,4,7-9,11-14H2,1-3H3,(H,25,26)/t15-,16?,17?,18?,24?/m0/s1. The molecule has 4 bridgehead atoms. The number of hydrogen-bond donors (Lipinski definition) is 1. The number of methoxy groups -OCH3 is 1. The Labute approximate surface area is 178 Å². The molecule has 4 aliphatic rings. The van der Waals surface area contributed by atoms with Crippen molar-refractivity contribution in [1.82, 2.24) is 5.32 Å². The molecule has 4 fully saturated rings. The minimum absolute atomic E-state index is 0.114. The van der Waals surface area contributed by atoms with Crippen molar-refractivity contribution < 1.29 is 23.8 Å². The van der Waals surface area contributed by atoms with Crippen molar-refractivity contribution in [3.05, 3.63) is 23.8 Å². The first-order chi connectivity index (χ1) is 14.4. The predicted molar refractivity (Wildman–Crippen MR) is 113 cm³/mol. The molecule has 1 aromatic carbocycles. The topological polar surface area (TPSA) is 73.9 Å². The number of ether oxygens (including phenoxy) is 3. The van der Waals surface area contributed by atoms with Crippen LogP contribution in [0.3, 0.4) is 0 Å². The van der Waals surface area contributed by atoms with Crippen LogP contribution in [-0.4, -0.2) is 38.2 Å². The van der Waals surface area contributed by atoms with E-state index < -0.39 is 5.97 Å². The van der Waals surface area contributed by atoms with E-state index in [0.29, 0.717) is 23.7 Å². The van der Waals surface area contributed by atoms with Crippen LogP contribution in [0.4, 0.5) is 0 Å². The van der Waals surface area contributed by atoms with Crippen LogP contribution in [0, 0.1) is 23.2 Å². The summed E-state index contributed by atoms with van der Waals surface area (Å²) in [5, 5.41) is 3.13. The van der Waals surface area contributed by atoms with E-state index in [9.17, 15) is 9.59 Å². The van der Waals surface area contributed by atoms with E-state index in [2.05, 4.69) is 12.2 Å². The third-order valence-electron chi connectivity index (χ3n) is 7.42. The summed E-state index contributed by atoms with van der Waals surface area (Å²) in [6, 6.07) is 4.97. The molecule has 0 aliphatic heterocycles. The van der Waals surface area contributed by atoms with Gasteiger partial charge in [0.1, 0.15) is 0 Å². The highest BCUT2D eigenvalue weighted by Crippen LogP contribution is 2.61. The second kappa shape index (κ2) is 8.48. The molecule has 0 aromatic heterocycles. The molecule has 4 aliphatic carbocycles. The molecular weight excluding hydrogens is 382 g/mol. The average molecular weight is 416 g/mol. The highest BCUT2D eigenvalue weighted by atomic mass is 16.5. The van der Waals surface area contributed by atoms with Crippen LogP contribution in [0.1, 0.15) is 62.7 Å². The predicted octanol–water partition coefficient (Wildman–Crippen LogP) is 3.97. The maximum absolute atomic E-state index is 12.5. The number of carbonyl (C=O) groups excluding carboxylic acids is 2. The number of nitrogens with one attached hydrogen (secondary N) is 1. The molecule has 0 spiro atoms. The van der Waals surface area contributed by atoms with Gasteiger partial charge in [0, 0.05) is 6.04 Å². The summed E-state index contributed by atoms with van der Waals surface area (Å²) in [5.41, 5.74) is 0.567. The van der Waals surface area contributed by atoms with E-state index in [1.54, 1.807) is 25.3 Å². The summed E-state index contributed by atoms with van der Waals surface area (Å²) < 4.78 is 16.0. The van der Waals surface area contributed by atoms with Gasteiger partial charge in [-0.05, 0) is 93.7 Å². The van der Waals surface area contributed by atoms with Crippen molar-refractivity contribution >= 4 is 11.9 Å². The van der Waals surface area contributed by atoms with E-state index in [1.807, 2.05) is 6.92 Å². The van der Waals surface area contributed by atoms with Crippen molar-refractivity contribution in [2.45, 2.75) is 58.4 Å². The monoisotopic (exact) mass is 415 g/mol. The minimum atomic E-state index is -0.545. The van der Waals surface area contributed by atoms with Gasteiger partial charge < -0.3 is 19.5 Å². The van der Waals surface area contributed by atoms with Crippen LogP contribution in [0.15, 0.2) is 18.2 Å². The molecule has 164 valence electrons. The maximum Gasteiger partial charge on any atom is 0.338 e. The van der Waals surface area contributed by atoms with Crippen molar-refractivity contribution in [2.75, 3.05) is 20.3 Å². The summed E-state index contributed by atoms with van der Waals surface area (Å²) >= 11 is 0. The molecule has 1 aromatic rings. The van der Waals surface area contributed by atoms with Crippen LogP contribution in [0.5, 0.6) is 11.5 Å². The van der Waals surface area contributed by atoms with Crippen LogP contribution in [0.2, 0.25) is 0 Å². The number of benzene rings is 1. The lowest BCUT2D eigenvalue weighted by Gasteiger charge is -2.59. The summed E-state index contributed by atoms with van der Waals surface area (Å²) in [6.07, 6.45) is 7.82. The van der Waals surface area contributed by atoms with E-state index in [1.165, 1.54) is 38.5 Å². The summed E-state index contributed by atoms with van der Waals surface area (Å²) in [4.78, 5) is 24.9.